The van der Waals surface area contributed by atoms with Crippen molar-refractivity contribution in [2.45, 2.75) is 51.1 Å². The van der Waals surface area contributed by atoms with Gasteiger partial charge in [-0.05, 0) is 43.1 Å². The topological polar surface area (TPSA) is 60.9 Å². The van der Waals surface area contributed by atoms with Crippen LogP contribution in [-0.2, 0) is 16.1 Å². The molecule has 0 radical (unpaired) electrons. The van der Waals surface area contributed by atoms with Crippen LogP contribution in [0.4, 0.5) is 0 Å². The van der Waals surface area contributed by atoms with E-state index in [2.05, 4.69) is 29.2 Å². The molecule has 0 aromatic heterocycles. The molecule has 1 saturated carbocycles. The summed E-state index contributed by atoms with van der Waals surface area (Å²) in [6.07, 6.45) is 5.79. The summed E-state index contributed by atoms with van der Waals surface area (Å²) in [6.45, 7) is 3.19. The van der Waals surface area contributed by atoms with Crippen molar-refractivity contribution in [1.82, 2.24) is 9.80 Å². The number of carboxylic acid groups (broad SMARTS) is 1. The van der Waals surface area contributed by atoms with Crippen molar-refractivity contribution in [3.8, 4) is 0 Å². The quantitative estimate of drug-likeness (QED) is 0.901. The van der Waals surface area contributed by atoms with Gasteiger partial charge in [-0.2, -0.15) is 0 Å². The summed E-state index contributed by atoms with van der Waals surface area (Å²) in [5.74, 6) is -0.799. The van der Waals surface area contributed by atoms with Gasteiger partial charge in [-0.1, -0.05) is 36.8 Å². The van der Waals surface area contributed by atoms with Crippen LogP contribution in [0, 0.1) is 11.3 Å². The lowest BCUT2D eigenvalue weighted by atomic mass is 9.62. The number of carbonyl (C=O) groups is 2. The molecule has 0 bridgehead atoms. The second-order valence-electron chi connectivity index (χ2n) is 8.31. The second kappa shape index (κ2) is 7.03. The number of carboxylic acids is 1. The maximum absolute atomic E-state index is 13.4. The van der Waals surface area contributed by atoms with E-state index in [1.807, 2.05) is 6.07 Å². The summed E-state index contributed by atoms with van der Waals surface area (Å²) in [4.78, 5) is 29.1. The molecule has 140 valence electrons. The maximum Gasteiger partial charge on any atom is 0.326 e. The molecule has 3 fully saturated rings. The van der Waals surface area contributed by atoms with Crippen molar-refractivity contribution >= 4 is 11.9 Å². The Bertz CT molecular complexity index is 671. The number of likely N-dealkylation sites (tertiary alicyclic amines) is 2. The number of hydrogen-bond acceptors (Lipinski definition) is 3. The van der Waals surface area contributed by atoms with E-state index in [-0.39, 0.29) is 17.2 Å². The Morgan fingerprint density at radius 3 is 2.54 bits per heavy atom. The lowest BCUT2D eigenvalue weighted by Crippen LogP contribution is -2.54. The van der Waals surface area contributed by atoms with Gasteiger partial charge in [0.25, 0.3) is 0 Å². The second-order valence-corrected chi connectivity index (χ2v) is 8.31. The van der Waals surface area contributed by atoms with Crippen LogP contribution in [0.2, 0.25) is 0 Å². The largest absolute Gasteiger partial charge is 0.480 e. The monoisotopic (exact) mass is 356 g/mol. The van der Waals surface area contributed by atoms with Crippen LogP contribution < -0.4 is 0 Å². The Kier molecular flexibility index (Phi) is 4.74. The van der Waals surface area contributed by atoms with Crippen molar-refractivity contribution in [3.63, 3.8) is 0 Å². The molecule has 2 atom stereocenters. The summed E-state index contributed by atoms with van der Waals surface area (Å²) in [6, 6.07) is 9.77. The average molecular weight is 356 g/mol. The van der Waals surface area contributed by atoms with Gasteiger partial charge in [-0.25, -0.2) is 4.79 Å². The predicted octanol–water partition coefficient (Wildman–Crippen LogP) is 2.75. The number of piperidine rings is 1. The zero-order valence-electron chi connectivity index (χ0n) is 15.3. The van der Waals surface area contributed by atoms with Gasteiger partial charge in [0.05, 0.1) is 5.92 Å². The minimum atomic E-state index is -0.847. The third-order valence-electron chi connectivity index (χ3n) is 6.69. The minimum absolute atomic E-state index is 0.0417. The molecule has 2 heterocycles. The Morgan fingerprint density at radius 2 is 1.88 bits per heavy atom. The van der Waals surface area contributed by atoms with Crippen molar-refractivity contribution in [1.29, 1.82) is 0 Å². The number of hydrogen-bond donors (Lipinski definition) is 1. The van der Waals surface area contributed by atoms with Crippen LogP contribution in [0.3, 0.4) is 0 Å². The van der Waals surface area contributed by atoms with Crippen molar-refractivity contribution in [2.75, 3.05) is 19.6 Å². The number of amides is 1. The van der Waals surface area contributed by atoms with Crippen molar-refractivity contribution in [3.05, 3.63) is 35.9 Å². The Balaban J connectivity index is 1.51. The van der Waals surface area contributed by atoms with E-state index < -0.39 is 12.0 Å². The molecule has 5 nitrogen and oxygen atoms in total. The lowest BCUT2D eigenvalue weighted by molar-refractivity contribution is -0.156. The van der Waals surface area contributed by atoms with E-state index in [0.717, 1.165) is 45.3 Å². The molecular weight excluding hydrogens is 328 g/mol. The van der Waals surface area contributed by atoms with Crippen LogP contribution in [0.25, 0.3) is 0 Å². The Labute approximate surface area is 155 Å². The van der Waals surface area contributed by atoms with E-state index >= 15 is 0 Å². The van der Waals surface area contributed by atoms with Crippen LogP contribution in [-0.4, -0.2) is 52.5 Å². The van der Waals surface area contributed by atoms with Crippen LogP contribution in [0.1, 0.15) is 44.1 Å². The predicted molar refractivity (Wildman–Crippen MR) is 98.5 cm³/mol. The molecular formula is C21H28N2O3. The molecule has 2 aliphatic heterocycles. The highest BCUT2D eigenvalue weighted by Crippen LogP contribution is 2.52. The maximum atomic E-state index is 13.4. The SMILES string of the molecule is O=C(O)[C@H]1CCCCN1C(=O)C1CN(Cc2ccccc2)CC12CCC2. The molecule has 4 rings (SSSR count). The molecule has 1 unspecified atom stereocenters. The van der Waals surface area contributed by atoms with E-state index in [4.69, 9.17) is 0 Å². The van der Waals surface area contributed by atoms with Gasteiger partial charge in [0.1, 0.15) is 6.04 Å². The number of benzene rings is 1. The summed E-state index contributed by atoms with van der Waals surface area (Å²) in [7, 11) is 0. The number of rotatable bonds is 4. The third-order valence-corrected chi connectivity index (χ3v) is 6.69. The van der Waals surface area contributed by atoms with Crippen LogP contribution >= 0.6 is 0 Å². The van der Waals surface area contributed by atoms with Gasteiger partial charge < -0.3 is 10.0 Å². The molecule has 2 saturated heterocycles. The molecule has 1 amide bonds. The van der Waals surface area contributed by atoms with Crippen LogP contribution in [0.5, 0.6) is 0 Å². The fraction of sp³-hybridized carbons (Fsp3) is 0.619. The van der Waals surface area contributed by atoms with E-state index in [0.29, 0.717) is 13.0 Å². The summed E-state index contributed by atoms with van der Waals surface area (Å²) < 4.78 is 0. The summed E-state index contributed by atoms with van der Waals surface area (Å²) in [5.41, 5.74) is 1.35. The van der Waals surface area contributed by atoms with E-state index in [1.165, 1.54) is 12.0 Å². The highest BCUT2D eigenvalue weighted by Gasteiger charge is 2.54. The highest BCUT2D eigenvalue weighted by molar-refractivity contribution is 5.86. The Hall–Kier alpha value is -1.88. The summed E-state index contributed by atoms with van der Waals surface area (Å²) >= 11 is 0. The van der Waals surface area contributed by atoms with Gasteiger partial charge >= 0.3 is 5.97 Å². The normalized spacial score (nSPS) is 28.1. The average Bonchev–Trinajstić information content (AvgIpc) is 3.02. The molecule has 26 heavy (non-hydrogen) atoms. The molecule has 3 aliphatic rings. The van der Waals surface area contributed by atoms with Gasteiger partial charge in [0.15, 0.2) is 0 Å². The molecule has 5 heteroatoms. The first-order valence-corrected chi connectivity index (χ1v) is 9.89. The Morgan fingerprint density at radius 1 is 1.12 bits per heavy atom. The van der Waals surface area contributed by atoms with Gasteiger partial charge in [0, 0.05) is 26.2 Å². The fourth-order valence-corrected chi connectivity index (χ4v) is 5.16. The zero-order chi connectivity index (χ0) is 18.1. The first kappa shape index (κ1) is 17.5. The van der Waals surface area contributed by atoms with E-state index in [1.54, 1.807) is 4.90 Å². The number of nitrogens with zero attached hydrogens (tertiary/aromatic N) is 2. The first-order valence-electron chi connectivity index (χ1n) is 9.89. The van der Waals surface area contributed by atoms with Gasteiger partial charge in [-0.15, -0.1) is 0 Å². The molecule has 1 spiro atoms. The third kappa shape index (κ3) is 3.13. The minimum Gasteiger partial charge on any atom is -0.480 e. The first-order chi connectivity index (χ1) is 12.6. The lowest BCUT2D eigenvalue weighted by Gasteiger charge is -2.45. The fourth-order valence-electron chi connectivity index (χ4n) is 5.16. The molecule has 1 aromatic carbocycles. The summed E-state index contributed by atoms with van der Waals surface area (Å²) in [5, 5.41) is 9.54. The molecule has 1 N–H and O–H groups in total. The number of aliphatic carboxylic acids is 1. The van der Waals surface area contributed by atoms with E-state index in [9.17, 15) is 14.7 Å². The van der Waals surface area contributed by atoms with Crippen molar-refractivity contribution in [2.24, 2.45) is 11.3 Å². The van der Waals surface area contributed by atoms with Gasteiger partial charge in [0.2, 0.25) is 5.91 Å². The molecule has 1 aromatic rings. The van der Waals surface area contributed by atoms with Crippen molar-refractivity contribution < 1.29 is 14.7 Å². The smallest absolute Gasteiger partial charge is 0.326 e. The highest BCUT2D eigenvalue weighted by atomic mass is 16.4. The molecule has 1 aliphatic carbocycles. The zero-order valence-corrected chi connectivity index (χ0v) is 15.3. The standard InChI is InChI=1S/C21H28N2O3/c24-19(23-12-5-4-9-18(23)20(25)26)17-14-22(15-21(17)10-6-11-21)13-16-7-2-1-3-8-16/h1-3,7-8,17-18H,4-6,9-15H2,(H,25,26)/t17?,18-/m1/s1. The van der Waals surface area contributed by atoms with Gasteiger partial charge in [-0.3, -0.25) is 9.69 Å². The number of carbonyl (C=O) groups excluding carboxylic acids is 1. The van der Waals surface area contributed by atoms with Crippen LogP contribution in [0.15, 0.2) is 30.3 Å².